The lowest BCUT2D eigenvalue weighted by Crippen LogP contribution is -2.25. The Morgan fingerprint density at radius 3 is 2.48 bits per heavy atom. The Bertz CT molecular complexity index is 963. The number of H-pyrrole nitrogens is 1. The minimum Gasteiger partial charge on any atom is -0.462 e. The average Bonchev–Trinajstić information content (AvgIpc) is 2.87. The summed E-state index contributed by atoms with van der Waals surface area (Å²) in [5.74, 6) is -0.884. The summed E-state index contributed by atoms with van der Waals surface area (Å²) in [4.78, 5) is 27.5. The Kier molecular flexibility index (Phi) is 6.27. The minimum absolute atomic E-state index is 0.115. The third-order valence-electron chi connectivity index (χ3n) is 3.90. The van der Waals surface area contributed by atoms with Gasteiger partial charge in [0.2, 0.25) is 10.0 Å². The van der Waals surface area contributed by atoms with Gasteiger partial charge in [-0.3, -0.25) is 9.52 Å². The predicted octanol–water partition coefficient (Wildman–Crippen LogP) is 2.11. The van der Waals surface area contributed by atoms with Crippen LogP contribution in [0.3, 0.4) is 0 Å². The molecule has 8 nitrogen and oxygen atoms in total. The molecular formula is C18H23N3O5S. The maximum Gasteiger partial charge on any atom is 0.340 e. The van der Waals surface area contributed by atoms with Gasteiger partial charge in [0.25, 0.3) is 5.91 Å². The number of aromatic nitrogens is 1. The van der Waals surface area contributed by atoms with E-state index in [2.05, 4.69) is 15.0 Å². The number of carbonyl (C=O) groups excluding carboxylic acids is 2. The number of hydrogen-bond acceptors (Lipinski definition) is 5. The number of nitrogens with one attached hydrogen (secondary N) is 3. The summed E-state index contributed by atoms with van der Waals surface area (Å²) in [5, 5.41) is 2.74. The summed E-state index contributed by atoms with van der Waals surface area (Å²) in [6.07, 6.45) is 1.06. The smallest absolute Gasteiger partial charge is 0.340 e. The van der Waals surface area contributed by atoms with Gasteiger partial charge in [0.05, 0.1) is 24.1 Å². The number of hydrogen-bond donors (Lipinski definition) is 3. The van der Waals surface area contributed by atoms with Crippen molar-refractivity contribution in [2.45, 2.75) is 27.3 Å². The number of esters is 1. The fraction of sp³-hybridized carbons (Fsp3) is 0.333. The average molecular weight is 393 g/mol. The molecule has 0 aliphatic carbocycles. The van der Waals surface area contributed by atoms with E-state index in [4.69, 9.17) is 4.74 Å². The first kappa shape index (κ1) is 20.5. The van der Waals surface area contributed by atoms with Crippen LogP contribution in [0.4, 0.5) is 5.69 Å². The summed E-state index contributed by atoms with van der Waals surface area (Å²) in [6.45, 7) is 5.44. The zero-order valence-corrected chi connectivity index (χ0v) is 16.5. The lowest BCUT2D eigenvalue weighted by Gasteiger charge is -2.11. The normalized spacial score (nSPS) is 11.1. The summed E-state index contributed by atoms with van der Waals surface area (Å²) >= 11 is 0. The van der Waals surface area contributed by atoms with Crippen LogP contribution in [0.15, 0.2) is 24.3 Å². The van der Waals surface area contributed by atoms with Crippen molar-refractivity contribution in [2.75, 3.05) is 17.6 Å². The van der Waals surface area contributed by atoms with Crippen LogP contribution in [0, 0.1) is 13.8 Å². The molecule has 0 fully saturated rings. The van der Waals surface area contributed by atoms with Crippen LogP contribution in [0.2, 0.25) is 0 Å². The Morgan fingerprint density at radius 2 is 1.85 bits per heavy atom. The van der Waals surface area contributed by atoms with E-state index < -0.39 is 21.9 Å². The maximum absolute atomic E-state index is 12.5. The van der Waals surface area contributed by atoms with E-state index in [0.29, 0.717) is 28.1 Å². The molecule has 0 radical (unpaired) electrons. The molecule has 3 N–H and O–H groups in total. The Hall–Kier alpha value is -2.81. The predicted molar refractivity (Wildman–Crippen MR) is 102 cm³/mol. The van der Waals surface area contributed by atoms with Gasteiger partial charge in [0.1, 0.15) is 5.69 Å². The number of rotatable bonds is 7. The number of amides is 1. The number of anilines is 1. The Balaban J connectivity index is 2.18. The highest BCUT2D eigenvalue weighted by atomic mass is 32.2. The first-order chi connectivity index (χ1) is 12.6. The molecule has 0 aliphatic heterocycles. The minimum atomic E-state index is -3.43. The van der Waals surface area contributed by atoms with Crippen molar-refractivity contribution in [1.29, 1.82) is 0 Å². The molecule has 0 unspecified atom stereocenters. The molecule has 1 amide bonds. The van der Waals surface area contributed by atoms with Crippen LogP contribution < -0.4 is 10.0 Å². The number of aromatic amines is 1. The highest BCUT2D eigenvalue weighted by Crippen LogP contribution is 2.20. The zero-order chi connectivity index (χ0) is 20.2. The fourth-order valence-electron chi connectivity index (χ4n) is 2.72. The summed E-state index contributed by atoms with van der Waals surface area (Å²) in [5.41, 5.74) is 2.68. The van der Waals surface area contributed by atoms with Gasteiger partial charge in [0.15, 0.2) is 0 Å². The largest absolute Gasteiger partial charge is 0.462 e. The van der Waals surface area contributed by atoms with E-state index >= 15 is 0 Å². The second-order valence-corrected chi connectivity index (χ2v) is 7.81. The number of para-hydroxylation sites is 1. The number of ether oxygens (including phenoxy) is 1. The van der Waals surface area contributed by atoms with E-state index in [9.17, 15) is 18.0 Å². The van der Waals surface area contributed by atoms with E-state index in [1.165, 1.54) is 0 Å². The van der Waals surface area contributed by atoms with Gasteiger partial charge >= 0.3 is 5.97 Å². The molecule has 0 atom stereocenters. The second kappa shape index (κ2) is 8.26. The summed E-state index contributed by atoms with van der Waals surface area (Å²) in [6, 6.07) is 6.77. The first-order valence-corrected chi connectivity index (χ1v) is 10.2. The number of aryl methyl sites for hydroxylation is 1. The topological polar surface area (TPSA) is 117 Å². The van der Waals surface area contributed by atoms with Crippen LogP contribution >= 0.6 is 0 Å². The number of benzene rings is 1. The van der Waals surface area contributed by atoms with Gasteiger partial charge in [0, 0.05) is 12.2 Å². The zero-order valence-electron chi connectivity index (χ0n) is 15.7. The van der Waals surface area contributed by atoms with Crippen molar-refractivity contribution in [3.05, 3.63) is 52.3 Å². The van der Waals surface area contributed by atoms with E-state index in [-0.39, 0.29) is 18.8 Å². The number of sulfonamides is 1. The van der Waals surface area contributed by atoms with Gasteiger partial charge < -0.3 is 15.0 Å². The van der Waals surface area contributed by atoms with E-state index in [1.807, 2.05) is 0 Å². The molecule has 0 saturated heterocycles. The van der Waals surface area contributed by atoms with Crippen molar-refractivity contribution >= 4 is 27.6 Å². The van der Waals surface area contributed by atoms with Crippen LogP contribution in [0.25, 0.3) is 0 Å². The third-order valence-corrected chi connectivity index (χ3v) is 4.49. The van der Waals surface area contributed by atoms with Gasteiger partial charge in [-0.15, -0.1) is 0 Å². The monoisotopic (exact) mass is 393 g/mol. The lowest BCUT2D eigenvalue weighted by atomic mass is 10.1. The third kappa shape index (κ3) is 5.10. The highest BCUT2D eigenvalue weighted by molar-refractivity contribution is 7.92. The molecule has 2 rings (SSSR count). The van der Waals surface area contributed by atoms with Crippen LogP contribution in [0.5, 0.6) is 0 Å². The molecule has 146 valence electrons. The molecule has 1 heterocycles. The standard InChI is InChI=1S/C18H23N3O5S/c1-5-26-18(23)15-11(2)16(20-12(15)3)17(22)19-10-13-8-6-7-9-14(13)21-27(4,24)25/h6-9,20-21H,5,10H2,1-4H3,(H,19,22). The molecule has 27 heavy (non-hydrogen) atoms. The van der Waals surface area contributed by atoms with Crippen molar-refractivity contribution in [2.24, 2.45) is 0 Å². The highest BCUT2D eigenvalue weighted by Gasteiger charge is 2.22. The molecule has 0 bridgehead atoms. The van der Waals surface area contributed by atoms with Crippen LogP contribution in [-0.4, -0.2) is 38.1 Å². The van der Waals surface area contributed by atoms with Gasteiger partial charge in [-0.2, -0.15) is 0 Å². The molecule has 0 aliphatic rings. The molecule has 0 spiro atoms. The Labute approximate surface area is 158 Å². The van der Waals surface area contributed by atoms with E-state index in [1.54, 1.807) is 45.0 Å². The van der Waals surface area contributed by atoms with Crippen LogP contribution in [-0.2, 0) is 21.3 Å². The van der Waals surface area contributed by atoms with Crippen molar-refractivity contribution in [3.8, 4) is 0 Å². The SMILES string of the molecule is CCOC(=O)c1c(C)[nH]c(C(=O)NCc2ccccc2NS(C)(=O)=O)c1C. The first-order valence-electron chi connectivity index (χ1n) is 8.34. The maximum atomic E-state index is 12.5. The van der Waals surface area contributed by atoms with Gasteiger partial charge in [-0.25, -0.2) is 13.2 Å². The molecule has 0 saturated carbocycles. The number of carbonyl (C=O) groups is 2. The molecule has 1 aromatic heterocycles. The second-order valence-electron chi connectivity index (χ2n) is 6.06. The molecular weight excluding hydrogens is 370 g/mol. The molecule has 9 heteroatoms. The van der Waals surface area contributed by atoms with Crippen molar-refractivity contribution in [1.82, 2.24) is 10.3 Å². The lowest BCUT2D eigenvalue weighted by molar-refractivity contribution is 0.0525. The molecule has 2 aromatic rings. The Morgan fingerprint density at radius 1 is 1.19 bits per heavy atom. The fourth-order valence-corrected chi connectivity index (χ4v) is 3.32. The quantitative estimate of drug-likeness (QED) is 0.623. The van der Waals surface area contributed by atoms with Crippen molar-refractivity contribution in [3.63, 3.8) is 0 Å². The summed E-state index contributed by atoms with van der Waals surface area (Å²) < 4.78 is 30.4. The summed E-state index contributed by atoms with van der Waals surface area (Å²) in [7, 11) is -3.43. The molecule has 1 aromatic carbocycles. The van der Waals surface area contributed by atoms with E-state index in [0.717, 1.165) is 6.26 Å². The van der Waals surface area contributed by atoms with Gasteiger partial charge in [-0.1, -0.05) is 18.2 Å². The van der Waals surface area contributed by atoms with Crippen molar-refractivity contribution < 1.29 is 22.7 Å². The van der Waals surface area contributed by atoms with Crippen LogP contribution in [0.1, 0.15) is 44.6 Å². The van der Waals surface area contributed by atoms with Gasteiger partial charge in [-0.05, 0) is 38.0 Å².